The van der Waals surface area contributed by atoms with Gasteiger partial charge in [-0.15, -0.1) is 0 Å². The van der Waals surface area contributed by atoms with Crippen molar-refractivity contribution in [1.29, 1.82) is 0 Å². The first-order chi connectivity index (χ1) is 13.6. The molecule has 0 radical (unpaired) electrons. The van der Waals surface area contributed by atoms with Crippen molar-refractivity contribution in [2.24, 2.45) is 0 Å². The maximum Gasteiger partial charge on any atom is 0.305 e. The zero-order valence-electron chi connectivity index (χ0n) is 16.3. The van der Waals surface area contributed by atoms with E-state index in [1.807, 2.05) is 55.4 Å². The molecule has 0 aliphatic carbocycles. The summed E-state index contributed by atoms with van der Waals surface area (Å²) in [6.45, 7) is 1.86. The van der Waals surface area contributed by atoms with Gasteiger partial charge in [0.2, 0.25) is 0 Å². The molecule has 0 amide bonds. The molecule has 0 bridgehead atoms. The number of aryl methyl sites for hydroxylation is 1. The Balaban J connectivity index is 1.59. The average molecular weight is 376 g/mol. The predicted molar refractivity (Wildman–Crippen MR) is 111 cm³/mol. The fourth-order valence-electron chi connectivity index (χ4n) is 3.41. The zero-order valence-corrected chi connectivity index (χ0v) is 16.3. The maximum atomic E-state index is 12.0. The molecule has 4 rings (SSSR count). The molecule has 4 aromatic rings. The second kappa shape index (κ2) is 7.94. The summed E-state index contributed by atoms with van der Waals surface area (Å²) in [7, 11) is 3.92. The molecule has 0 unspecified atom stereocenters. The molecule has 144 valence electrons. The highest BCUT2D eigenvalue weighted by molar-refractivity contribution is 6.06. The Bertz CT molecular complexity index is 1130. The van der Waals surface area contributed by atoms with Gasteiger partial charge in [0.25, 0.3) is 0 Å². The second-order valence-electron chi connectivity index (χ2n) is 7.18. The van der Waals surface area contributed by atoms with Gasteiger partial charge in [0.1, 0.15) is 12.1 Å². The van der Waals surface area contributed by atoms with Gasteiger partial charge in [-0.1, -0.05) is 30.3 Å². The van der Waals surface area contributed by atoms with Gasteiger partial charge in [-0.25, -0.2) is 9.97 Å². The standard InChI is InChI=1S/C22H24N4O2/c1-25(2)14-15-28-20(27)12-7-13-26-19-11-6-3-8-16(19)21-22(26)24-18-10-5-4-9-17(18)23-21/h3-6,8-11H,7,12-15H2,1-2H3. The number of hydrogen-bond donors (Lipinski definition) is 0. The Morgan fingerprint density at radius 2 is 1.75 bits per heavy atom. The lowest BCUT2D eigenvalue weighted by molar-refractivity contribution is -0.144. The van der Waals surface area contributed by atoms with Crippen molar-refractivity contribution in [2.75, 3.05) is 27.2 Å². The maximum absolute atomic E-state index is 12.0. The topological polar surface area (TPSA) is 60.2 Å². The van der Waals surface area contributed by atoms with Crippen LogP contribution in [0.2, 0.25) is 0 Å². The van der Waals surface area contributed by atoms with Crippen LogP contribution in [0.25, 0.3) is 33.1 Å². The molecule has 0 spiro atoms. The van der Waals surface area contributed by atoms with Crippen LogP contribution in [0, 0.1) is 0 Å². The van der Waals surface area contributed by atoms with Gasteiger partial charge < -0.3 is 14.2 Å². The summed E-state index contributed by atoms with van der Waals surface area (Å²) >= 11 is 0. The number of nitrogens with zero attached hydrogens (tertiary/aromatic N) is 4. The van der Waals surface area contributed by atoms with Crippen LogP contribution in [0.4, 0.5) is 0 Å². The summed E-state index contributed by atoms with van der Waals surface area (Å²) in [5, 5.41) is 1.09. The number of likely N-dealkylation sites (N-methyl/N-ethyl adjacent to an activating group) is 1. The third-order valence-electron chi connectivity index (χ3n) is 4.82. The van der Waals surface area contributed by atoms with Crippen LogP contribution < -0.4 is 0 Å². The van der Waals surface area contributed by atoms with E-state index < -0.39 is 0 Å². The molecule has 0 saturated heterocycles. The van der Waals surface area contributed by atoms with Gasteiger partial charge in [0.15, 0.2) is 5.65 Å². The molecule has 2 heterocycles. The van der Waals surface area contributed by atoms with Crippen molar-refractivity contribution in [2.45, 2.75) is 19.4 Å². The van der Waals surface area contributed by atoms with Crippen LogP contribution in [-0.4, -0.2) is 52.7 Å². The number of carbonyl (C=O) groups excluding carboxylic acids is 1. The fourth-order valence-corrected chi connectivity index (χ4v) is 3.41. The number of rotatable bonds is 7. The molecular formula is C22H24N4O2. The smallest absolute Gasteiger partial charge is 0.305 e. The van der Waals surface area contributed by atoms with E-state index in [1.165, 1.54) is 0 Å². The van der Waals surface area contributed by atoms with E-state index in [2.05, 4.69) is 16.7 Å². The summed E-state index contributed by atoms with van der Waals surface area (Å²) in [4.78, 5) is 23.7. The molecule has 6 nitrogen and oxygen atoms in total. The van der Waals surface area contributed by atoms with E-state index in [0.29, 0.717) is 26.0 Å². The van der Waals surface area contributed by atoms with Gasteiger partial charge in [-0.2, -0.15) is 0 Å². The highest BCUT2D eigenvalue weighted by Crippen LogP contribution is 2.28. The van der Waals surface area contributed by atoms with E-state index in [0.717, 1.165) is 39.6 Å². The first kappa shape index (κ1) is 18.4. The summed E-state index contributed by atoms with van der Waals surface area (Å²) < 4.78 is 7.45. The molecule has 6 heteroatoms. The summed E-state index contributed by atoms with van der Waals surface area (Å²) in [5.74, 6) is -0.154. The summed E-state index contributed by atoms with van der Waals surface area (Å²) in [6.07, 6.45) is 1.09. The first-order valence-electron chi connectivity index (χ1n) is 9.57. The van der Waals surface area contributed by atoms with Crippen molar-refractivity contribution in [3.63, 3.8) is 0 Å². The Morgan fingerprint density at radius 1 is 1.04 bits per heavy atom. The number of ether oxygens (including phenoxy) is 1. The van der Waals surface area contributed by atoms with Crippen LogP contribution in [0.1, 0.15) is 12.8 Å². The molecular weight excluding hydrogens is 352 g/mol. The molecule has 2 aromatic heterocycles. The van der Waals surface area contributed by atoms with Crippen molar-refractivity contribution in [1.82, 2.24) is 19.4 Å². The van der Waals surface area contributed by atoms with Crippen LogP contribution in [-0.2, 0) is 16.1 Å². The number of aromatic nitrogens is 3. The SMILES string of the molecule is CN(C)CCOC(=O)CCCn1c2ccccc2c2nc3ccccc3nc21. The van der Waals surface area contributed by atoms with Gasteiger partial charge in [0.05, 0.1) is 16.6 Å². The van der Waals surface area contributed by atoms with Crippen molar-refractivity contribution < 1.29 is 9.53 Å². The van der Waals surface area contributed by atoms with E-state index >= 15 is 0 Å². The molecule has 28 heavy (non-hydrogen) atoms. The minimum Gasteiger partial charge on any atom is -0.464 e. The monoisotopic (exact) mass is 376 g/mol. The van der Waals surface area contributed by atoms with Gasteiger partial charge >= 0.3 is 5.97 Å². The molecule has 0 saturated carbocycles. The first-order valence-corrected chi connectivity index (χ1v) is 9.57. The molecule has 0 aliphatic heterocycles. The van der Waals surface area contributed by atoms with Crippen LogP contribution in [0.15, 0.2) is 48.5 Å². The van der Waals surface area contributed by atoms with Crippen LogP contribution in [0.5, 0.6) is 0 Å². The molecule has 0 fully saturated rings. The van der Waals surface area contributed by atoms with Gasteiger partial charge in [0, 0.05) is 24.9 Å². The Kier molecular flexibility index (Phi) is 5.21. The summed E-state index contributed by atoms with van der Waals surface area (Å²) in [5.41, 5.74) is 4.63. The lowest BCUT2D eigenvalue weighted by Gasteiger charge is -2.10. The number of esters is 1. The second-order valence-corrected chi connectivity index (χ2v) is 7.18. The average Bonchev–Trinajstić information content (AvgIpc) is 2.99. The van der Waals surface area contributed by atoms with Crippen molar-refractivity contribution in [3.8, 4) is 0 Å². The minimum atomic E-state index is -0.154. The Labute approximate surface area is 163 Å². The third kappa shape index (κ3) is 3.68. The molecule has 2 aromatic carbocycles. The number of hydrogen-bond acceptors (Lipinski definition) is 5. The summed E-state index contributed by atoms with van der Waals surface area (Å²) in [6, 6.07) is 16.1. The van der Waals surface area contributed by atoms with E-state index in [9.17, 15) is 4.79 Å². The highest BCUT2D eigenvalue weighted by Gasteiger charge is 2.14. The molecule has 0 atom stereocenters. The zero-order chi connectivity index (χ0) is 19.5. The number of carbonyl (C=O) groups is 1. The van der Waals surface area contributed by atoms with Gasteiger partial charge in [-0.05, 0) is 38.7 Å². The number of benzene rings is 2. The van der Waals surface area contributed by atoms with Gasteiger partial charge in [-0.3, -0.25) is 4.79 Å². The van der Waals surface area contributed by atoms with Crippen LogP contribution in [0.3, 0.4) is 0 Å². The largest absolute Gasteiger partial charge is 0.464 e. The number of fused-ring (bicyclic) bond motifs is 4. The predicted octanol–water partition coefficient (Wildman–Crippen LogP) is 3.62. The molecule has 0 aliphatic rings. The third-order valence-corrected chi connectivity index (χ3v) is 4.82. The minimum absolute atomic E-state index is 0.154. The van der Waals surface area contributed by atoms with E-state index in [4.69, 9.17) is 14.7 Å². The number of para-hydroxylation sites is 3. The molecule has 0 N–H and O–H groups in total. The highest BCUT2D eigenvalue weighted by atomic mass is 16.5. The van der Waals surface area contributed by atoms with E-state index in [1.54, 1.807) is 0 Å². The van der Waals surface area contributed by atoms with E-state index in [-0.39, 0.29) is 5.97 Å². The fraction of sp³-hybridized carbons (Fsp3) is 0.318. The van der Waals surface area contributed by atoms with Crippen molar-refractivity contribution in [3.05, 3.63) is 48.5 Å². The lowest BCUT2D eigenvalue weighted by Crippen LogP contribution is -2.20. The van der Waals surface area contributed by atoms with Crippen LogP contribution >= 0.6 is 0 Å². The normalized spacial score (nSPS) is 11.7. The Morgan fingerprint density at radius 3 is 2.54 bits per heavy atom. The quantitative estimate of drug-likeness (QED) is 0.461. The Hall–Kier alpha value is -2.99. The van der Waals surface area contributed by atoms with Crippen molar-refractivity contribution >= 4 is 39.1 Å². The lowest BCUT2D eigenvalue weighted by atomic mass is 10.2.